The number of carboxylic acid groups (broad SMARTS) is 2. The molecule has 0 aliphatic carbocycles. The van der Waals surface area contributed by atoms with E-state index in [9.17, 15) is 60.5 Å². The minimum absolute atomic E-state index is 0. The average molecular weight is 2260 g/mol. The molecule has 728 valence electrons. The number of fused-ring (bicyclic) bond motifs is 8. The fourth-order valence-electron chi connectivity index (χ4n) is 12.6. The molecule has 52 heteroatoms. The Kier molecular flexibility index (Phi) is 54.1. The number of benzene rings is 10. The van der Waals surface area contributed by atoms with Crippen LogP contribution < -0.4 is 67.9 Å². The third-order valence-electron chi connectivity index (χ3n) is 18.4. The second-order valence-corrected chi connectivity index (χ2v) is 31.7. The van der Waals surface area contributed by atoms with Crippen molar-refractivity contribution in [3.63, 3.8) is 0 Å². The average Bonchev–Trinajstić information content (AvgIpc) is 1.66. The van der Waals surface area contributed by atoms with Crippen LogP contribution in [-0.4, -0.2) is 121 Å². The van der Waals surface area contributed by atoms with Crippen molar-refractivity contribution in [2.24, 2.45) is 28.2 Å². The fraction of sp³-hybridized carbons (Fsp3) is 0.186. The molecule has 0 fully saturated rings. The molecular formula is C86H76Cl10Mn4N18O20. The van der Waals surface area contributed by atoms with Crippen molar-refractivity contribution in [3.8, 4) is 0 Å². The Morgan fingerprint density at radius 2 is 0.478 bits per heavy atom. The molecule has 10 aromatic carbocycles. The molecule has 8 heterocycles. The SMILES string of the molecule is ClCCl.ClCCl.ClCCl.ClCCl.Cn1c(C[C@H]([O-])c2nc3ccccc3[nH]2)nc2ccccc21.Cn1c(C[C@H]([O-])c2nc3ccccc3[nH]2)nc2ccccc21.Cn1c(C[C@H]([O-])c2nc3ccccc3[nH]2)nc2ccccc21.Cn1c(C[C@H]([O-])c2nc3ccccc3[nH]2)nc2ccccc21.O=C([O-])c1cccc([N+](=O)[O-])c1.O=C([O-])c1cccc([N+](=O)[O-])c1.[Mn+2].[Mn+2].[Mn+2].[Mn+2].[O-][Cl+3]([O-])([O-])[O-].[O-][Cl+3]([O-])([O-])[O-]. The Balaban J connectivity index is 0.000000410. The Labute approximate surface area is 871 Å². The first kappa shape index (κ1) is 122. The predicted molar refractivity (Wildman–Crippen MR) is 474 cm³/mol. The number of nitro benzene ring substituents is 2. The van der Waals surface area contributed by atoms with E-state index < -0.39 is 66.7 Å². The van der Waals surface area contributed by atoms with E-state index in [1.54, 1.807) is 0 Å². The number of rotatable bonds is 16. The summed E-state index contributed by atoms with van der Waals surface area (Å²) in [5.74, 6) is 2.15. The number of hydrogen-bond acceptors (Lipinski definition) is 28. The van der Waals surface area contributed by atoms with E-state index in [1.165, 1.54) is 36.4 Å². The number of carboxylic acids is 2. The molecule has 0 saturated heterocycles. The first-order valence-corrected chi connectivity index (χ1v) is 45.2. The zero-order valence-corrected chi connectivity index (χ0v) is 84.1. The summed E-state index contributed by atoms with van der Waals surface area (Å²) in [7, 11) is -2.13. The molecule has 138 heavy (non-hydrogen) atoms. The molecule has 4 radical (unpaired) electrons. The number of aryl methyl sites for hydroxylation is 4. The zero-order chi connectivity index (χ0) is 98.5. The largest absolute Gasteiger partial charge is 2.00 e. The van der Waals surface area contributed by atoms with E-state index >= 15 is 0 Å². The zero-order valence-electron chi connectivity index (χ0n) is 71.8. The van der Waals surface area contributed by atoms with Crippen LogP contribution in [0.25, 0.3) is 88.3 Å². The number of nitro groups is 2. The maximum absolute atomic E-state index is 12.5. The van der Waals surface area contributed by atoms with E-state index in [0.29, 0.717) is 49.0 Å². The predicted octanol–water partition coefficient (Wildman–Crippen LogP) is 4.46. The fourth-order valence-corrected chi connectivity index (χ4v) is 12.6. The van der Waals surface area contributed by atoms with Crippen molar-refractivity contribution < 1.29 is 176 Å². The number of H-pyrrole nitrogens is 4. The number of alkyl halides is 8. The molecule has 0 unspecified atom stereocenters. The quantitative estimate of drug-likeness (QED) is 0.0449. The Morgan fingerprint density at radius 1 is 0.304 bits per heavy atom. The number of hydrogen-bond donors (Lipinski definition) is 4. The summed E-state index contributed by atoms with van der Waals surface area (Å²) in [4.78, 5) is 87.7. The van der Waals surface area contributed by atoms with Crippen molar-refractivity contribution in [2.45, 2.75) is 50.1 Å². The number of aromatic amines is 4. The van der Waals surface area contributed by atoms with Gasteiger partial charge in [0.15, 0.2) is 0 Å². The molecular weight excluding hydrogens is 2180 g/mol. The van der Waals surface area contributed by atoms with E-state index in [-0.39, 0.29) is 112 Å². The normalized spacial score (nSPS) is 11.3. The van der Waals surface area contributed by atoms with Gasteiger partial charge in [-0.25, -0.2) is 77.1 Å². The van der Waals surface area contributed by atoms with Crippen LogP contribution in [0.5, 0.6) is 0 Å². The molecule has 0 saturated carbocycles. The number of aromatic carboxylic acids is 2. The van der Waals surface area contributed by atoms with Gasteiger partial charge in [-0.15, -0.1) is 113 Å². The molecule has 0 aliphatic heterocycles. The Hall–Kier alpha value is -9.80. The molecule has 0 spiro atoms. The molecule has 0 aliphatic rings. The van der Waals surface area contributed by atoms with Gasteiger partial charge in [0, 0.05) is 89.3 Å². The van der Waals surface area contributed by atoms with Crippen LogP contribution in [0, 0.1) is 40.7 Å². The van der Waals surface area contributed by atoms with Crippen LogP contribution in [0.15, 0.2) is 243 Å². The van der Waals surface area contributed by atoms with Gasteiger partial charge in [-0.3, -0.25) is 20.2 Å². The summed E-state index contributed by atoms with van der Waals surface area (Å²) < 4.78 is 75.8. The van der Waals surface area contributed by atoms with Crippen molar-refractivity contribution in [2.75, 3.05) is 21.4 Å². The number of aromatic nitrogens is 16. The smallest absolute Gasteiger partial charge is 0.846 e. The second kappa shape index (κ2) is 61.0. The van der Waals surface area contributed by atoms with Crippen LogP contribution in [-0.2, 0) is 122 Å². The number of nitrogens with zero attached hydrogens (tertiary/aromatic N) is 14. The van der Waals surface area contributed by atoms with Gasteiger partial charge in [-0.2, -0.15) is 0 Å². The third-order valence-corrected chi connectivity index (χ3v) is 18.4. The first-order valence-electron chi connectivity index (χ1n) is 38.4. The van der Waals surface area contributed by atoms with E-state index in [0.717, 1.165) is 124 Å². The summed E-state index contributed by atoms with van der Waals surface area (Å²) in [6.45, 7) is 0. The summed E-state index contributed by atoms with van der Waals surface area (Å²) in [6, 6.07) is 71.6. The van der Waals surface area contributed by atoms with Crippen LogP contribution in [0.2, 0.25) is 0 Å². The summed E-state index contributed by atoms with van der Waals surface area (Å²) in [5, 5.41) is 91.8. The summed E-state index contributed by atoms with van der Waals surface area (Å²) in [5.41, 5.74) is 13.8. The molecule has 8 aromatic heterocycles. The monoisotopic (exact) mass is 2250 g/mol. The van der Waals surface area contributed by atoms with Gasteiger partial charge < -0.3 is 78.4 Å². The van der Waals surface area contributed by atoms with Gasteiger partial charge in [0.05, 0.1) is 155 Å². The number of nitrogens with one attached hydrogen (secondary N) is 4. The number of halogens is 10. The second-order valence-electron chi connectivity index (χ2n) is 27.0. The number of non-ortho nitro benzene ring substituents is 2. The van der Waals surface area contributed by atoms with E-state index in [4.69, 9.17) is 130 Å². The molecule has 18 aromatic rings. The molecule has 4 N–H and O–H groups in total. The van der Waals surface area contributed by atoms with Gasteiger partial charge in [0.1, 0.15) is 23.3 Å². The number of carbonyl (C=O) groups is 2. The van der Waals surface area contributed by atoms with Crippen LogP contribution in [0.3, 0.4) is 0 Å². The molecule has 18 rings (SSSR count). The van der Waals surface area contributed by atoms with Crippen molar-refractivity contribution in [3.05, 3.63) is 321 Å². The number of carbonyl (C=O) groups excluding carboxylic acids is 2. The van der Waals surface area contributed by atoms with Gasteiger partial charge in [0.25, 0.3) is 11.4 Å². The third kappa shape index (κ3) is 38.7. The van der Waals surface area contributed by atoms with Crippen molar-refractivity contribution >= 4 is 204 Å². The maximum Gasteiger partial charge on any atom is 2.00 e. The van der Waals surface area contributed by atoms with E-state index in [2.05, 4.69) is 59.8 Å². The van der Waals surface area contributed by atoms with Gasteiger partial charge in [0.2, 0.25) is 0 Å². The standard InChI is InChI=1S/4C17H15N4O.2C7H5NO4.4CH2Cl2.2ClHO4.4Mn/c4*1-21-14-9-5-4-8-13(14)18-16(21)10-15(22)17-19-11-6-2-3-7-12(11)20-17;2*9-7(10)5-2-1-3-6(4-5)8(11)12;4*2-1-3;2*2-1(3,4)5;;;;/h4*2-9,15H,10H2,1H3,(H,19,20);2*1-4H,(H,9,10);4*1H2;2*(H,2,3,4,5);;;;/q4*-1;;;;;;;;;4*+2/p-4/t4*15-;;;;;;;;;;;;/m0000............/s1. The Morgan fingerprint density at radius 3 is 0.645 bits per heavy atom. The molecule has 0 amide bonds. The van der Waals surface area contributed by atoms with Crippen molar-refractivity contribution in [1.82, 2.24) is 78.1 Å². The van der Waals surface area contributed by atoms with Crippen LogP contribution >= 0.6 is 92.8 Å². The van der Waals surface area contributed by atoms with Gasteiger partial charge in [-0.05, 0) is 97.1 Å². The molecule has 38 nitrogen and oxygen atoms in total. The minimum atomic E-state index is -4.94. The number of para-hydroxylation sites is 16. The summed E-state index contributed by atoms with van der Waals surface area (Å²) in [6.07, 6.45) is -2.58. The van der Waals surface area contributed by atoms with Crippen LogP contribution in [0.1, 0.15) is 91.7 Å². The minimum Gasteiger partial charge on any atom is -0.846 e. The Bertz CT molecular complexity index is 5890. The molecule has 0 bridgehead atoms. The van der Waals surface area contributed by atoms with Gasteiger partial charge >= 0.3 is 68.3 Å². The van der Waals surface area contributed by atoms with Gasteiger partial charge in [-0.1, -0.05) is 146 Å². The van der Waals surface area contributed by atoms with E-state index in [1.807, 2.05) is 241 Å². The summed E-state index contributed by atoms with van der Waals surface area (Å²) >= 11 is 38.1. The molecule has 4 atom stereocenters. The van der Waals surface area contributed by atoms with Crippen molar-refractivity contribution in [1.29, 1.82) is 0 Å². The topological polar surface area (TPSA) is 629 Å². The number of imidazole rings is 8. The van der Waals surface area contributed by atoms with Crippen LogP contribution in [0.4, 0.5) is 11.4 Å². The first-order chi connectivity index (χ1) is 63.8. The maximum atomic E-state index is 12.5.